The van der Waals surface area contributed by atoms with Gasteiger partial charge in [-0.2, -0.15) is 5.26 Å². The summed E-state index contributed by atoms with van der Waals surface area (Å²) in [7, 11) is 0. The Bertz CT molecular complexity index is 648. The highest BCUT2D eigenvalue weighted by Crippen LogP contribution is 2.38. The van der Waals surface area contributed by atoms with Crippen molar-refractivity contribution in [1.82, 2.24) is 4.90 Å². The van der Waals surface area contributed by atoms with Gasteiger partial charge in [-0.05, 0) is 70.0 Å². The second-order valence-corrected chi connectivity index (χ2v) is 8.16. The summed E-state index contributed by atoms with van der Waals surface area (Å²) in [6.45, 7) is 2.10. The van der Waals surface area contributed by atoms with Gasteiger partial charge in [0.15, 0.2) is 0 Å². The third-order valence-corrected chi connectivity index (χ3v) is 6.69. The molecule has 2 fully saturated rings. The molecular formula is C18H23N3OS. The molecule has 1 saturated carbocycles. The molecule has 1 amide bonds. The smallest absolute Gasteiger partial charge is 0.228 e. The molecule has 1 aromatic rings. The van der Waals surface area contributed by atoms with Crippen LogP contribution in [-0.4, -0.2) is 29.9 Å². The lowest BCUT2D eigenvalue weighted by Gasteiger charge is -2.31. The van der Waals surface area contributed by atoms with Gasteiger partial charge in [0.05, 0.1) is 5.56 Å². The van der Waals surface area contributed by atoms with Gasteiger partial charge in [0, 0.05) is 16.8 Å². The third kappa shape index (κ3) is 3.02. The molecule has 2 aliphatic carbocycles. The van der Waals surface area contributed by atoms with Crippen molar-refractivity contribution >= 4 is 22.2 Å². The van der Waals surface area contributed by atoms with E-state index in [1.807, 2.05) is 0 Å². The van der Waals surface area contributed by atoms with E-state index in [1.54, 1.807) is 11.3 Å². The molecule has 5 heteroatoms. The van der Waals surface area contributed by atoms with Crippen LogP contribution in [0.15, 0.2) is 0 Å². The van der Waals surface area contributed by atoms with E-state index in [2.05, 4.69) is 16.3 Å². The van der Waals surface area contributed by atoms with Crippen LogP contribution in [0.5, 0.6) is 0 Å². The second kappa shape index (κ2) is 6.26. The summed E-state index contributed by atoms with van der Waals surface area (Å²) in [6, 6.07) is 3.13. The van der Waals surface area contributed by atoms with Crippen molar-refractivity contribution in [2.75, 3.05) is 18.4 Å². The zero-order valence-corrected chi connectivity index (χ0v) is 14.3. The van der Waals surface area contributed by atoms with E-state index in [-0.39, 0.29) is 11.8 Å². The van der Waals surface area contributed by atoms with Crippen LogP contribution in [0.3, 0.4) is 0 Å². The number of anilines is 1. The first-order valence-electron chi connectivity index (χ1n) is 8.86. The number of nitrogens with one attached hydrogen (secondary N) is 1. The number of rotatable bonds is 3. The van der Waals surface area contributed by atoms with Crippen molar-refractivity contribution in [3.8, 4) is 6.07 Å². The Labute approximate surface area is 141 Å². The summed E-state index contributed by atoms with van der Waals surface area (Å²) in [5.74, 6) is 0.228. The minimum Gasteiger partial charge on any atom is -0.316 e. The summed E-state index contributed by atoms with van der Waals surface area (Å²) in [6.07, 6.45) is 8.99. The van der Waals surface area contributed by atoms with Gasteiger partial charge in [0.1, 0.15) is 11.1 Å². The van der Waals surface area contributed by atoms with E-state index >= 15 is 0 Å². The van der Waals surface area contributed by atoms with Crippen LogP contribution in [-0.2, 0) is 17.6 Å². The van der Waals surface area contributed by atoms with Gasteiger partial charge in [-0.1, -0.05) is 0 Å². The fraction of sp³-hybridized carbons (Fsp3) is 0.667. The van der Waals surface area contributed by atoms with Gasteiger partial charge in [-0.15, -0.1) is 11.3 Å². The van der Waals surface area contributed by atoms with Crippen molar-refractivity contribution in [2.45, 2.75) is 57.4 Å². The van der Waals surface area contributed by atoms with Crippen LogP contribution in [0.1, 0.15) is 54.5 Å². The van der Waals surface area contributed by atoms with E-state index in [1.165, 1.54) is 29.7 Å². The van der Waals surface area contributed by atoms with E-state index < -0.39 is 0 Å². The van der Waals surface area contributed by atoms with Gasteiger partial charge in [0.2, 0.25) is 5.91 Å². The summed E-state index contributed by atoms with van der Waals surface area (Å²) < 4.78 is 0. The zero-order valence-electron chi connectivity index (χ0n) is 13.4. The number of likely N-dealkylation sites (tertiary alicyclic amines) is 1. The van der Waals surface area contributed by atoms with Crippen LogP contribution in [0.4, 0.5) is 5.00 Å². The third-order valence-electron chi connectivity index (χ3n) is 5.48. The monoisotopic (exact) mass is 329 g/mol. The number of nitrogens with zero attached hydrogens (tertiary/aromatic N) is 2. The number of hydrogen-bond acceptors (Lipinski definition) is 4. The molecule has 1 aliphatic heterocycles. The van der Waals surface area contributed by atoms with Crippen LogP contribution in [0.2, 0.25) is 0 Å². The number of hydrogen-bond donors (Lipinski definition) is 1. The Hall–Kier alpha value is -1.38. The number of fused-ring (bicyclic) bond motifs is 1. The lowest BCUT2D eigenvalue weighted by atomic mass is 9.95. The molecule has 1 aromatic heterocycles. The molecule has 122 valence electrons. The fourth-order valence-electron chi connectivity index (χ4n) is 3.95. The number of amides is 1. The standard InChI is InChI=1S/C18H23N3OS/c19-11-15-14-3-1-2-4-16(14)23-18(15)20-17(22)12-7-9-21(10-8-12)13-5-6-13/h12-13H,1-10H2,(H,20,22). The van der Waals surface area contributed by atoms with Crippen LogP contribution < -0.4 is 5.32 Å². The predicted octanol–water partition coefficient (Wildman–Crippen LogP) is 3.31. The molecule has 2 heterocycles. The van der Waals surface area contributed by atoms with Gasteiger partial charge < -0.3 is 10.2 Å². The normalized spacial score (nSPS) is 22.4. The van der Waals surface area contributed by atoms with Crippen LogP contribution in [0, 0.1) is 17.2 Å². The van der Waals surface area contributed by atoms with Gasteiger partial charge in [-0.3, -0.25) is 4.79 Å². The molecule has 4 nitrogen and oxygen atoms in total. The largest absolute Gasteiger partial charge is 0.316 e. The minimum atomic E-state index is 0.107. The predicted molar refractivity (Wildman–Crippen MR) is 91.6 cm³/mol. The van der Waals surface area contributed by atoms with E-state index in [0.29, 0.717) is 0 Å². The van der Waals surface area contributed by atoms with Crippen LogP contribution >= 0.6 is 11.3 Å². The van der Waals surface area contributed by atoms with E-state index in [0.717, 1.165) is 61.8 Å². The minimum absolute atomic E-state index is 0.107. The maximum absolute atomic E-state index is 12.6. The maximum Gasteiger partial charge on any atom is 0.228 e. The quantitative estimate of drug-likeness (QED) is 0.925. The Balaban J connectivity index is 1.42. The average Bonchev–Trinajstić information content (AvgIpc) is 3.37. The van der Waals surface area contributed by atoms with Gasteiger partial charge >= 0.3 is 0 Å². The molecule has 1 N–H and O–H groups in total. The average molecular weight is 329 g/mol. The number of nitriles is 1. The molecule has 0 aromatic carbocycles. The SMILES string of the molecule is N#Cc1c(NC(=O)C2CCN(C3CC3)CC2)sc2c1CCCC2. The highest BCUT2D eigenvalue weighted by Gasteiger charge is 2.34. The Morgan fingerprint density at radius 1 is 1.17 bits per heavy atom. The highest BCUT2D eigenvalue weighted by molar-refractivity contribution is 7.16. The highest BCUT2D eigenvalue weighted by atomic mass is 32.1. The number of thiophene rings is 1. The van der Waals surface area contributed by atoms with Crippen LogP contribution in [0.25, 0.3) is 0 Å². The summed E-state index contributed by atoms with van der Waals surface area (Å²) in [5.41, 5.74) is 1.93. The molecule has 1 saturated heterocycles. The molecule has 3 aliphatic rings. The topological polar surface area (TPSA) is 56.1 Å². The van der Waals surface area contributed by atoms with E-state index in [9.17, 15) is 10.1 Å². The number of aryl methyl sites for hydroxylation is 1. The molecule has 0 atom stereocenters. The number of piperidine rings is 1. The van der Waals surface area contributed by atoms with Crippen molar-refractivity contribution in [3.63, 3.8) is 0 Å². The summed E-state index contributed by atoms with van der Waals surface area (Å²) in [5, 5.41) is 13.4. The lowest BCUT2D eigenvalue weighted by molar-refractivity contribution is -0.121. The van der Waals surface area contributed by atoms with Crippen molar-refractivity contribution in [3.05, 3.63) is 16.0 Å². The Kier molecular flexibility index (Phi) is 4.13. The van der Waals surface area contributed by atoms with Crippen molar-refractivity contribution in [1.29, 1.82) is 5.26 Å². The maximum atomic E-state index is 12.6. The Morgan fingerprint density at radius 2 is 1.91 bits per heavy atom. The molecular weight excluding hydrogens is 306 g/mol. The first-order valence-corrected chi connectivity index (χ1v) is 9.67. The molecule has 0 unspecified atom stereocenters. The van der Waals surface area contributed by atoms with Gasteiger partial charge in [-0.25, -0.2) is 0 Å². The van der Waals surface area contributed by atoms with Crippen molar-refractivity contribution < 1.29 is 4.79 Å². The molecule has 0 spiro atoms. The first-order chi connectivity index (χ1) is 11.3. The molecule has 0 radical (unpaired) electrons. The Morgan fingerprint density at radius 3 is 2.61 bits per heavy atom. The first kappa shape index (κ1) is 15.2. The number of carbonyl (C=O) groups is 1. The summed E-state index contributed by atoms with van der Waals surface area (Å²) in [4.78, 5) is 16.5. The summed E-state index contributed by atoms with van der Waals surface area (Å²) >= 11 is 1.63. The van der Waals surface area contributed by atoms with Gasteiger partial charge in [0.25, 0.3) is 0 Å². The fourth-order valence-corrected chi connectivity index (χ4v) is 5.20. The molecule has 0 bridgehead atoms. The van der Waals surface area contributed by atoms with E-state index in [4.69, 9.17) is 0 Å². The molecule has 4 rings (SSSR count). The zero-order chi connectivity index (χ0) is 15.8. The molecule has 23 heavy (non-hydrogen) atoms. The van der Waals surface area contributed by atoms with Crippen molar-refractivity contribution in [2.24, 2.45) is 5.92 Å². The number of carbonyl (C=O) groups excluding carboxylic acids is 1. The lowest BCUT2D eigenvalue weighted by Crippen LogP contribution is -2.39. The second-order valence-electron chi connectivity index (χ2n) is 7.06.